The Bertz CT molecular complexity index is 757. The van der Waals surface area contributed by atoms with Crippen molar-refractivity contribution in [2.45, 2.75) is 13.3 Å². The minimum Gasteiger partial charge on any atom is -0.355 e. The van der Waals surface area contributed by atoms with E-state index in [0.717, 1.165) is 41.5 Å². The molecule has 4 nitrogen and oxygen atoms in total. The molecule has 0 unspecified atom stereocenters. The lowest BCUT2D eigenvalue weighted by molar-refractivity contribution is 0.610. The van der Waals surface area contributed by atoms with Crippen LogP contribution >= 0.6 is 0 Å². The second-order valence-electron chi connectivity index (χ2n) is 5.24. The molecule has 1 N–H and O–H groups in total. The standard InChI is InChI=1S/C16H16N4/c1-11-17-14-10-13(12-6-3-2-4-7-12)19-15(14)16(18-11)20-8-5-9-20/h2-4,6-7,10,19H,5,8-9H2,1H3. The number of nitrogens with one attached hydrogen (secondary N) is 1. The molecule has 0 aliphatic carbocycles. The lowest BCUT2D eigenvalue weighted by atomic mass is 10.2. The van der Waals surface area contributed by atoms with E-state index >= 15 is 0 Å². The summed E-state index contributed by atoms with van der Waals surface area (Å²) in [5, 5.41) is 0. The summed E-state index contributed by atoms with van der Waals surface area (Å²) in [4.78, 5) is 15.0. The third kappa shape index (κ3) is 1.76. The number of hydrogen-bond acceptors (Lipinski definition) is 3. The number of rotatable bonds is 2. The third-order valence-corrected chi connectivity index (χ3v) is 3.81. The van der Waals surface area contributed by atoms with Crippen LogP contribution in [0.5, 0.6) is 0 Å². The van der Waals surface area contributed by atoms with Gasteiger partial charge >= 0.3 is 0 Å². The van der Waals surface area contributed by atoms with E-state index in [2.05, 4.69) is 38.1 Å². The van der Waals surface area contributed by atoms with Gasteiger partial charge in [0.25, 0.3) is 0 Å². The molecule has 0 radical (unpaired) electrons. The molecule has 20 heavy (non-hydrogen) atoms. The zero-order chi connectivity index (χ0) is 13.5. The summed E-state index contributed by atoms with van der Waals surface area (Å²) in [6, 6.07) is 12.5. The maximum absolute atomic E-state index is 4.61. The number of aryl methyl sites for hydroxylation is 1. The minimum absolute atomic E-state index is 0.831. The number of benzene rings is 1. The van der Waals surface area contributed by atoms with Crippen LogP contribution in [0.4, 0.5) is 5.82 Å². The maximum Gasteiger partial charge on any atom is 0.156 e. The van der Waals surface area contributed by atoms with Gasteiger partial charge in [0.1, 0.15) is 11.3 Å². The molecule has 1 aliphatic heterocycles. The Kier molecular flexibility index (Phi) is 2.49. The highest BCUT2D eigenvalue weighted by atomic mass is 15.2. The van der Waals surface area contributed by atoms with Crippen molar-refractivity contribution in [3.8, 4) is 11.3 Å². The predicted octanol–water partition coefficient (Wildman–Crippen LogP) is 3.14. The van der Waals surface area contributed by atoms with Crippen molar-refractivity contribution in [1.82, 2.24) is 15.0 Å². The van der Waals surface area contributed by atoms with Crippen molar-refractivity contribution >= 4 is 16.9 Å². The van der Waals surface area contributed by atoms with Crippen molar-refractivity contribution in [2.24, 2.45) is 0 Å². The second-order valence-corrected chi connectivity index (χ2v) is 5.24. The van der Waals surface area contributed by atoms with E-state index < -0.39 is 0 Å². The highest BCUT2D eigenvalue weighted by Gasteiger charge is 2.20. The van der Waals surface area contributed by atoms with Crippen LogP contribution in [0.25, 0.3) is 22.3 Å². The first-order chi connectivity index (χ1) is 9.81. The summed E-state index contributed by atoms with van der Waals surface area (Å²) >= 11 is 0. The van der Waals surface area contributed by atoms with Crippen molar-refractivity contribution in [2.75, 3.05) is 18.0 Å². The van der Waals surface area contributed by atoms with Gasteiger partial charge in [-0.05, 0) is 25.0 Å². The average molecular weight is 264 g/mol. The second kappa shape index (κ2) is 4.34. The van der Waals surface area contributed by atoms with E-state index in [1.54, 1.807) is 0 Å². The zero-order valence-corrected chi connectivity index (χ0v) is 11.4. The molecule has 0 saturated carbocycles. The highest BCUT2D eigenvalue weighted by molar-refractivity contribution is 5.91. The first kappa shape index (κ1) is 11.5. The summed E-state index contributed by atoms with van der Waals surface area (Å²) in [6.45, 7) is 4.13. The summed E-state index contributed by atoms with van der Waals surface area (Å²) in [6.07, 6.45) is 1.25. The first-order valence-electron chi connectivity index (χ1n) is 6.99. The summed E-state index contributed by atoms with van der Waals surface area (Å²) in [5.74, 6) is 1.87. The molecule has 1 aliphatic rings. The molecule has 3 heterocycles. The monoisotopic (exact) mass is 264 g/mol. The Balaban J connectivity index is 1.90. The molecule has 0 amide bonds. The topological polar surface area (TPSA) is 44.8 Å². The fraction of sp³-hybridized carbons (Fsp3) is 0.250. The van der Waals surface area contributed by atoms with E-state index in [1.807, 2.05) is 25.1 Å². The van der Waals surface area contributed by atoms with Crippen LogP contribution in [0.2, 0.25) is 0 Å². The van der Waals surface area contributed by atoms with Gasteiger partial charge in [0.05, 0.1) is 5.52 Å². The van der Waals surface area contributed by atoms with Gasteiger partial charge < -0.3 is 9.88 Å². The van der Waals surface area contributed by atoms with Crippen molar-refractivity contribution < 1.29 is 0 Å². The van der Waals surface area contributed by atoms with Crippen LogP contribution in [0.1, 0.15) is 12.2 Å². The largest absolute Gasteiger partial charge is 0.355 e. The van der Waals surface area contributed by atoms with Crippen molar-refractivity contribution in [3.63, 3.8) is 0 Å². The van der Waals surface area contributed by atoms with Crippen molar-refractivity contribution in [3.05, 3.63) is 42.2 Å². The molecule has 1 fully saturated rings. The summed E-state index contributed by atoms with van der Waals surface area (Å²) in [5.41, 5.74) is 4.33. The fourth-order valence-corrected chi connectivity index (χ4v) is 2.64. The van der Waals surface area contributed by atoms with Crippen LogP contribution in [-0.2, 0) is 0 Å². The van der Waals surface area contributed by atoms with Gasteiger partial charge in [-0.1, -0.05) is 30.3 Å². The molecular formula is C16H16N4. The van der Waals surface area contributed by atoms with Crippen LogP contribution in [0.15, 0.2) is 36.4 Å². The fourth-order valence-electron chi connectivity index (χ4n) is 2.64. The summed E-state index contributed by atoms with van der Waals surface area (Å²) in [7, 11) is 0. The maximum atomic E-state index is 4.61. The zero-order valence-electron chi connectivity index (χ0n) is 11.4. The smallest absolute Gasteiger partial charge is 0.156 e. The Morgan fingerprint density at radius 1 is 1.10 bits per heavy atom. The molecule has 1 saturated heterocycles. The molecule has 4 heteroatoms. The van der Waals surface area contributed by atoms with Gasteiger partial charge in [-0.15, -0.1) is 0 Å². The Morgan fingerprint density at radius 3 is 2.60 bits per heavy atom. The molecular weight excluding hydrogens is 248 g/mol. The van der Waals surface area contributed by atoms with Gasteiger partial charge in [0.2, 0.25) is 0 Å². The van der Waals surface area contributed by atoms with E-state index in [1.165, 1.54) is 12.0 Å². The number of nitrogens with zero attached hydrogens (tertiary/aromatic N) is 3. The molecule has 4 rings (SSSR count). The lowest BCUT2D eigenvalue weighted by Crippen LogP contribution is -2.38. The molecule has 0 bridgehead atoms. The molecule has 0 atom stereocenters. The van der Waals surface area contributed by atoms with Gasteiger partial charge in [0, 0.05) is 18.8 Å². The van der Waals surface area contributed by atoms with Gasteiger partial charge in [-0.2, -0.15) is 0 Å². The Morgan fingerprint density at radius 2 is 1.90 bits per heavy atom. The number of fused-ring (bicyclic) bond motifs is 1. The predicted molar refractivity (Wildman–Crippen MR) is 80.9 cm³/mol. The average Bonchev–Trinajstić information content (AvgIpc) is 2.81. The number of aromatic nitrogens is 3. The van der Waals surface area contributed by atoms with Crippen LogP contribution in [0, 0.1) is 6.92 Å². The van der Waals surface area contributed by atoms with Crippen LogP contribution < -0.4 is 4.90 Å². The van der Waals surface area contributed by atoms with Crippen LogP contribution in [0.3, 0.4) is 0 Å². The quantitative estimate of drug-likeness (QED) is 0.773. The van der Waals surface area contributed by atoms with E-state index in [9.17, 15) is 0 Å². The molecule has 3 aromatic rings. The molecule has 2 aromatic heterocycles. The molecule has 1 aromatic carbocycles. The van der Waals surface area contributed by atoms with E-state index in [0.29, 0.717) is 0 Å². The summed E-state index contributed by atoms with van der Waals surface area (Å²) < 4.78 is 0. The van der Waals surface area contributed by atoms with E-state index in [-0.39, 0.29) is 0 Å². The van der Waals surface area contributed by atoms with Crippen molar-refractivity contribution in [1.29, 1.82) is 0 Å². The normalized spacial score (nSPS) is 14.6. The number of H-pyrrole nitrogens is 1. The number of anilines is 1. The van der Waals surface area contributed by atoms with Gasteiger partial charge in [-0.3, -0.25) is 0 Å². The number of aromatic amines is 1. The Labute approximate surface area is 117 Å². The highest BCUT2D eigenvalue weighted by Crippen LogP contribution is 2.30. The minimum atomic E-state index is 0.831. The van der Waals surface area contributed by atoms with Gasteiger partial charge in [-0.25, -0.2) is 9.97 Å². The first-order valence-corrected chi connectivity index (χ1v) is 6.99. The molecule has 0 spiro atoms. The Hall–Kier alpha value is -2.36. The molecule has 100 valence electrons. The van der Waals surface area contributed by atoms with Crippen LogP contribution in [-0.4, -0.2) is 28.0 Å². The number of hydrogen-bond donors (Lipinski definition) is 1. The van der Waals surface area contributed by atoms with Gasteiger partial charge in [0.15, 0.2) is 5.82 Å². The lowest BCUT2D eigenvalue weighted by Gasteiger charge is -2.32. The van der Waals surface area contributed by atoms with E-state index in [4.69, 9.17) is 0 Å². The third-order valence-electron chi connectivity index (χ3n) is 3.81. The SMILES string of the molecule is Cc1nc(N2CCC2)c2[nH]c(-c3ccccc3)cc2n1.